The first-order valence-electron chi connectivity index (χ1n) is 16.2. The van der Waals surface area contributed by atoms with Crippen molar-refractivity contribution in [2.75, 3.05) is 0 Å². The number of carbonyl (C=O) groups is 4. The van der Waals surface area contributed by atoms with E-state index in [2.05, 4.69) is 59.7 Å². The second-order valence-electron chi connectivity index (χ2n) is 12.8. The van der Waals surface area contributed by atoms with Gasteiger partial charge in [-0.05, 0) is 91.2 Å². The Morgan fingerprint density at radius 3 is 2.17 bits per heavy atom. The fourth-order valence-corrected chi connectivity index (χ4v) is 6.78. The van der Waals surface area contributed by atoms with Gasteiger partial charge >= 0.3 is 0 Å². The lowest BCUT2D eigenvalue weighted by atomic mass is 9.70. The molecule has 0 bridgehead atoms. The molecule has 230 valence electrons. The van der Waals surface area contributed by atoms with Gasteiger partial charge in [-0.1, -0.05) is 91.1 Å². The fraction of sp³-hybridized carbons (Fsp3) is 0.579. The highest BCUT2D eigenvalue weighted by atomic mass is 16.1. The van der Waals surface area contributed by atoms with Gasteiger partial charge in [0.1, 0.15) is 17.3 Å². The molecular formula is C38H54O4. The second kappa shape index (κ2) is 16.7. The van der Waals surface area contributed by atoms with Gasteiger partial charge in [-0.15, -0.1) is 0 Å². The lowest BCUT2D eigenvalue weighted by Crippen LogP contribution is -2.30. The van der Waals surface area contributed by atoms with E-state index in [1.807, 2.05) is 19.1 Å². The van der Waals surface area contributed by atoms with Crippen molar-refractivity contribution in [3.63, 3.8) is 0 Å². The zero-order chi connectivity index (χ0) is 31.6. The number of benzene rings is 2. The minimum atomic E-state index is -0.124. The molecule has 3 rings (SSSR count). The Hall–Kier alpha value is -2.88. The Balaban J connectivity index is 0.00000197. The van der Waals surface area contributed by atoms with Crippen molar-refractivity contribution in [3.05, 3.63) is 58.1 Å². The summed E-state index contributed by atoms with van der Waals surface area (Å²) in [5, 5.41) is 0. The van der Waals surface area contributed by atoms with Crippen molar-refractivity contribution in [1.29, 1.82) is 0 Å². The van der Waals surface area contributed by atoms with Crippen molar-refractivity contribution in [2.45, 2.75) is 126 Å². The maximum absolute atomic E-state index is 13.8. The normalized spacial score (nSPS) is 15.9. The van der Waals surface area contributed by atoms with E-state index in [0.717, 1.165) is 59.9 Å². The second-order valence-corrected chi connectivity index (χ2v) is 12.8. The molecule has 1 aliphatic carbocycles. The Bertz CT molecular complexity index is 1250. The highest BCUT2D eigenvalue weighted by molar-refractivity contribution is 6.02. The van der Waals surface area contributed by atoms with Crippen LogP contribution < -0.4 is 0 Å². The largest absolute Gasteiger partial charge is 0.300 e. The van der Waals surface area contributed by atoms with Crippen LogP contribution in [0.5, 0.6) is 0 Å². The monoisotopic (exact) mass is 574 g/mol. The molecule has 0 heterocycles. The van der Waals surface area contributed by atoms with Gasteiger partial charge < -0.3 is 0 Å². The van der Waals surface area contributed by atoms with Crippen molar-refractivity contribution in [3.8, 4) is 11.1 Å². The van der Waals surface area contributed by atoms with Crippen LogP contribution in [0.4, 0.5) is 0 Å². The summed E-state index contributed by atoms with van der Waals surface area (Å²) >= 11 is 0. The molecule has 0 spiro atoms. The molecule has 2 aromatic rings. The van der Waals surface area contributed by atoms with Gasteiger partial charge in [-0.3, -0.25) is 19.2 Å². The van der Waals surface area contributed by atoms with Gasteiger partial charge in [-0.25, -0.2) is 0 Å². The predicted octanol–water partition coefficient (Wildman–Crippen LogP) is 9.46. The van der Waals surface area contributed by atoms with Crippen LogP contribution in [0, 0.1) is 24.7 Å². The van der Waals surface area contributed by atoms with Crippen molar-refractivity contribution >= 4 is 23.1 Å². The summed E-state index contributed by atoms with van der Waals surface area (Å²) < 4.78 is 0. The minimum absolute atomic E-state index is 0.0121. The lowest BCUT2D eigenvalue weighted by Gasteiger charge is -2.33. The number of fused-ring (bicyclic) bond motifs is 1. The molecule has 42 heavy (non-hydrogen) atoms. The predicted molar refractivity (Wildman–Crippen MR) is 174 cm³/mol. The molecule has 4 nitrogen and oxygen atoms in total. The molecule has 0 N–H and O–H groups in total. The van der Waals surface area contributed by atoms with Crippen molar-refractivity contribution in [1.82, 2.24) is 0 Å². The van der Waals surface area contributed by atoms with Crippen LogP contribution in [-0.2, 0) is 27.2 Å². The first-order chi connectivity index (χ1) is 19.9. The molecule has 0 aromatic heterocycles. The third-order valence-electron chi connectivity index (χ3n) is 8.43. The average molecular weight is 575 g/mol. The SMILES string of the molecule is CCC.CCCC(CC1CC(=O)c2c(C)c(-c3cccc(CC(C)=O)c3)cc(C(C)C)c2C1)C(CC)C(=O)CC(C)=O. The molecule has 0 fully saturated rings. The summed E-state index contributed by atoms with van der Waals surface area (Å²) in [7, 11) is 0. The third kappa shape index (κ3) is 9.31. The van der Waals surface area contributed by atoms with Crippen LogP contribution >= 0.6 is 0 Å². The quantitative estimate of drug-likeness (QED) is 0.223. The zero-order valence-electron chi connectivity index (χ0n) is 27.7. The summed E-state index contributed by atoms with van der Waals surface area (Å²) in [6, 6.07) is 10.4. The number of carbonyl (C=O) groups excluding carboxylic acids is 4. The van der Waals surface area contributed by atoms with E-state index in [4.69, 9.17) is 0 Å². The number of ketones is 4. The van der Waals surface area contributed by atoms with E-state index in [1.54, 1.807) is 6.92 Å². The van der Waals surface area contributed by atoms with E-state index in [-0.39, 0.29) is 53.2 Å². The molecule has 0 saturated carbocycles. The third-order valence-corrected chi connectivity index (χ3v) is 8.43. The minimum Gasteiger partial charge on any atom is -0.300 e. The number of hydrogen-bond acceptors (Lipinski definition) is 4. The van der Waals surface area contributed by atoms with E-state index < -0.39 is 0 Å². The lowest BCUT2D eigenvalue weighted by molar-refractivity contribution is -0.130. The van der Waals surface area contributed by atoms with Crippen LogP contribution in [0.1, 0.15) is 139 Å². The highest BCUT2D eigenvalue weighted by Crippen LogP contribution is 2.42. The molecule has 0 amide bonds. The standard InChI is InChI=1S/C35H46O4.C3H8/c1-8-11-27(29(9-2)33(38)15-23(6)37)17-26-18-32-30(21(3)4)20-31(24(7)35(32)34(39)19-26)28-13-10-12-25(16-28)14-22(5)36;1-3-2/h10,12-13,16,20-21,26-27,29H,8-9,11,14-15,17-19H2,1-7H3;3H2,1-2H3. The van der Waals surface area contributed by atoms with Crippen LogP contribution in [0.15, 0.2) is 30.3 Å². The Morgan fingerprint density at radius 1 is 0.952 bits per heavy atom. The fourth-order valence-electron chi connectivity index (χ4n) is 6.78. The summed E-state index contributed by atoms with van der Waals surface area (Å²) in [6.45, 7) is 17.9. The van der Waals surface area contributed by atoms with Gasteiger partial charge in [0.2, 0.25) is 0 Å². The van der Waals surface area contributed by atoms with E-state index >= 15 is 0 Å². The molecule has 3 atom stereocenters. The average Bonchev–Trinajstić information content (AvgIpc) is 2.89. The zero-order valence-corrected chi connectivity index (χ0v) is 27.7. The van der Waals surface area contributed by atoms with Crippen LogP contribution in [-0.4, -0.2) is 23.1 Å². The molecule has 3 unspecified atom stereocenters. The smallest absolute Gasteiger partial charge is 0.163 e. The molecular weight excluding hydrogens is 520 g/mol. The van der Waals surface area contributed by atoms with E-state index in [1.165, 1.54) is 24.5 Å². The topological polar surface area (TPSA) is 68.3 Å². The Kier molecular flexibility index (Phi) is 14.0. The summed E-state index contributed by atoms with van der Waals surface area (Å²) in [5.74, 6) is 0.837. The first-order valence-corrected chi connectivity index (χ1v) is 16.2. The molecule has 1 aliphatic rings. The summed E-state index contributed by atoms with van der Waals surface area (Å²) in [5.41, 5.74) is 7.38. The molecule has 0 saturated heterocycles. The molecule has 4 heteroatoms. The molecule has 0 aliphatic heterocycles. The van der Waals surface area contributed by atoms with Gasteiger partial charge in [-0.2, -0.15) is 0 Å². The van der Waals surface area contributed by atoms with E-state index in [0.29, 0.717) is 12.8 Å². The van der Waals surface area contributed by atoms with Crippen LogP contribution in [0.2, 0.25) is 0 Å². The Labute approximate surface area is 255 Å². The molecule has 2 aromatic carbocycles. The Morgan fingerprint density at radius 2 is 1.62 bits per heavy atom. The van der Waals surface area contributed by atoms with Crippen molar-refractivity contribution < 1.29 is 19.2 Å². The first kappa shape index (κ1) is 35.3. The number of hydrogen-bond donors (Lipinski definition) is 0. The summed E-state index contributed by atoms with van der Waals surface area (Å²) in [4.78, 5) is 50.1. The highest BCUT2D eigenvalue weighted by Gasteiger charge is 2.34. The maximum atomic E-state index is 13.8. The van der Waals surface area contributed by atoms with Gasteiger partial charge in [0, 0.05) is 24.3 Å². The number of rotatable bonds is 13. The van der Waals surface area contributed by atoms with Crippen LogP contribution in [0.3, 0.4) is 0 Å². The van der Waals surface area contributed by atoms with E-state index in [9.17, 15) is 19.2 Å². The van der Waals surface area contributed by atoms with Crippen LogP contribution in [0.25, 0.3) is 11.1 Å². The summed E-state index contributed by atoms with van der Waals surface area (Å²) in [6.07, 6.45) is 6.50. The van der Waals surface area contributed by atoms with Gasteiger partial charge in [0.25, 0.3) is 0 Å². The van der Waals surface area contributed by atoms with Gasteiger partial charge in [0.15, 0.2) is 5.78 Å². The molecule has 0 radical (unpaired) electrons. The van der Waals surface area contributed by atoms with Gasteiger partial charge in [0.05, 0.1) is 6.42 Å². The van der Waals surface area contributed by atoms with Crippen molar-refractivity contribution in [2.24, 2.45) is 17.8 Å². The maximum Gasteiger partial charge on any atom is 0.163 e. The number of Topliss-reactive ketones (excluding diaryl/α,β-unsaturated/α-hetero) is 4.